The topological polar surface area (TPSA) is 48.7 Å². The zero-order valence-electron chi connectivity index (χ0n) is 9.14. The van der Waals surface area contributed by atoms with E-state index in [-0.39, 0.29) is 6.04 Å². The maximum Gasteiger partial charge on any atom is 0.115 e. The highest BCUT2D eigenvalue weighted by Gasteiger charge is 2.10. The first-order valence-corrected chi connectivity index (χ1v) is 6.73. The standard InChI is InChI=1S/C12H10BrN3S/c1-8(12-15-4-5-17-12)16-11-3-2-10(13)6-9(11)7-14/h2-6,8,16H,1H3. The van der Waals surface area contributed by atoms with Gasteiger partial charge < -0.3 is 5.32 Å². The van der Waals surface area contributed by atoms with Gasteiger partial charge in [-0.05, 0) is 25.1 Å². The number of nitriles is 1. The van der Waals surface area contributed by atoms with Crippen LogP contribution in [0.1, 0.15) is 23.5 Å². The Hall–Kier alpha value is -1.38. The van der Waals surface area contributed by atoms with Crippen molar-refractivity contribution < 1.29 is 0 Å². The SMILES string of the molecule is CC(Nc1ccc(Br)cc1C#N)c1nccs1. The summed E-state index contributed by atoms with van der Waals surface area (Å²) in [7, 11) is 0. The second kappa shape index (κ2) is 5.30. The largest absolute Gasteiger partial charge is 0.375 e. The van der Waals surface area contributed by atoms with E-state index in [0.29, 0.717) is 5.56 Å². The molecule has 0 saturated heterocycles. The highest BCUT2D eigenvalue weighted by Crippen LogP contribution is 2.25. The summed E-state index contributed by atoms with van der Waals surface area (Å²) in [6, 6.07) is 7.89. The Morgan fingerprint density at radius 2 is 2.35 bits per heavy atom. The van der Waals surface area contributed by atoms with Gasteiger partial charge in [0.2, 0.25) is 0 Å². The first-order chi connectivity index (χ1) is 8.20. The van der Waals surface area contributed by atoms with Crippen molar-refractivity contribution >= 4 is 33.0 Å². The van der Waals surface area contributed by atoms with Crippen molar-refractivity contribution in [2.45, 2.75) is 13.0 Å². The third kappa shape index (κ3) is 2.84. The lowest BCUT2D eigenvalue weighted by atomic mass is 10.2. The average Bonchev–Trinajstić information content (AvgIpc) is 2.85. The van der Waals surface area contributed by atoms with Gasteiger partial charge in [-0.25, -0.2) is 4.98 Å². The fourth-order valence-corrected chi connectivity index (χ4v) is 2.49. The van der Waals surface area contributed by atoms with Gasteiger partial charge in [-0.1, -0.05) is 15.9 Å². The minimum absolute atomic E-state index is 0.100. The molecule has 2 rings (SSSR count). The highest BCUT2D eigenvalue weighted by molar-refractivity contribution is 9.10. The molecule has 1 N–H and O–H groups in total. The monoisotopic (exact) mass is 307 g/mol. The lowest BCUT2D eigenvalue weighted by Gasteiger charge is -2.14. The molecule has 0 aliphatic rings. The minimum atomic E-state index is 0.100. The van der Waals surface area contributed by atoms with E-state index in [2.05, 4.69) is 32.3 Å². The van der Waals surface area contributed by atoms with E-state index in [1.807, 2.05) is 24.4 Å². The Morgan fingerprint density at radius 3 is 3.00 bits per heavy atom. The van der Waals surface area contributed by atoms with Gasteiger partial charge in [0, 0.05) is 16.0 Å². The summed E-state index contributed by atoms with van der Waals surface area (Å²) >= 11 is 4.95. The van der Waals surface area contributed by atoms with E-state index in [1.54, 1.807) is 23.6 Å². The van der Waals surface area contributed by atoms with Crippen LogP contribution in [0.15, 0.2) is 34.2 Å². The molecule has 1 aromatic carbocycles. The molecule has 1 heterocycles. The summed E-state index contributed by atoms with van der Waals surface area (Å²) in [5.74, 6) is 0. The zero-order valence-corrected chi connectivity index (χ0v) is 11.5. The summed E-state index contributed by atoms with van der Waals surface area (Å²) < 4.78 is 0.904. The van der Waals surface area contributed by atoms with E-state index in [0.717, 1.165) is 15.2 Å². The smallest absolute Gasteiger partial charge is 0.115 e. The molecule has 1 atom stereocenters. The fourth-order valence-electron chi connectivity index (χ4n) is 1.48. The Kier molecular flexibility index (Phi) is 3.77. The lowest BCUT2D eigenvalue weighted by molar-refractivity contribution is 0.869. The molecule has 2 aromatic rings. The Morgan fingerprint density at radius 1 is 1.53 bits per heavy atom. The summed E-state index contributed by atoms with van der Waals surface area (Å²) in [5.41, 5.74) is 1.46. The number of hydrogen-bond acceptors (Lipinski definition) is 4. The van der Waals surface area contributed by atoms with Crippen LogP contribution in [0, 0.1) is 11.3 Å². The maximum atomic E-state index is 9.06. The molecule has 0 aliphatic heterocycles. The number of anilines is 1. The van der Waals surface area contributed by atoms with Crippen molar-refractivity contribution in [1.29, 1.82) is 5.26 Å². The highest BCUT2D eigenvalue weighted by atomic mass is 79.9. The predicted molar refractivity (Wildman–Crippen MR) is 73.0 cm³/mol. The van der Waals surface area contributed by atoms with Crippen LogP contribution in [0.2, 0.25) is 0 Å². The molecule has 0 bridgehead atoms. The van der Waals surface area contributed by atoms with Crippen LogP contribution in [0.25, 0.3) is 0 Å². The summed E-state index contributed by atoms with van der Waals surface area (Å²) in [5, 5.41) is 15.3. The number of thiazole rings is 1. The van der Waals surface area contributed by atoms with Crippen LogP contribution >= 0.6 is 27.3 Å². The van der Waals surface area contributed by atoms with Crippen molar-refractivity contribution in [1.82, 2.24) is 4.98 Å². The molecule has 5 heteroatoms. The number of halogens is 1. The van der Waals surface area contributed by atoms with Gasteiger partial charge in [0.25, 0.3) is 0 Å². The quantitative estimate of drug-likeness (QED) is 0.934. The summed E-state index contributed by atoms with van der Waals surface area (Å²) in [6.07, 6.45) is 1.78. The van der Waals surface area contributed by atoms with Crippen LogP contribution in [-0.4, -0.2) is 4.98 Å². The first-order valence-electron chi connectivity index (χ1n) is 5.06. The van der Waals surface area contributed by atoms with Gasteiger partial charge in [0.1, 0.15) is 11.1 Å². The minimum Gasteiger partial charge on any atom is -0.375 e. The second-order valence-electron chi connectivity index (χ2n) is 3.54. The molecular weight excluding hydrogens is 298 g/mol. The number of hydrogen-bond donors (Lipinski definition) is 1. The molecule has 1 unspecified atom stereocenters. The van der Waals surface area contributed by atoms with Crippen molar-refractivity contribution in [2.75, 3.05) is 5.32 Å². The number of nitrogens with zero attached hydrogens (tertiary/aromatic N) is 2. The fraction of sp³-hybridized carbons (Fsp3) is 0.167. The van der Waals surface area contributed by atoms with Gasteiger partial charge in [-0.2, -0.15) is 5.26 Å². The molecule has 1 aromatic heterocycles. The Bertz CT molecular complexity index is 545. The molecule has 0 amide bonds. The molecule has 0 saturated carbocycles. The molecule has 0 spiro atoms. The summed E-state index contributed by atoms with van der Waals surface area (Å²) in [6.45, 7) is 2.03. The van der Waals surface area contributed by atoms with Gasteiger partial charge in [0.15, 0.2) is 0 Å². The predicted octanol–water partition coefficient (Wildman–Crippen LogP) is 3.95. The van der Waals surface area contributed by atoms with Crippen molar-refractivity contribution in [3.8, 4) is 6.07 Å². The van der Waals surface area contributed by atoms with Crippen LogP contribution in [0.4, 0.5) is 5.69 Å². The number of benzene rings is 1. The third-order valence-electron chi connectivity index (χ3n) is 2.30. The average molecular weight is 308 g/mol. The van der Waals surface area contributed by atoms with Crippen LogP contribution in [-0.2, 0) is 0 Å². The van der Waals surface area contributed by atoms with Crippen LogP contribution < -0.4 is 5.32 Å². The number of nitrogens with one attached hydrogen (secondary N) is 1. The van der Waals surface area contributed by atoms with Gasteiger partial charge >= 0.3 is 0 Å². The Balaban J connectivity index is 2.22. The Labute approximate surface area is 112 Å². The maximum absolute atomic E-state index is 9.06. The van der Waals surface area contributed by atoms with Gasteiger partial charge in [-0.15, -0.1) is 11.3 Å². The molecule has 0 fully saturated rings. The van der Waals surface area contributed by atoms with Crippen LogP contribution in [0.5, 0.6) is 0 Å². The molecular formula is C12H10BrN3S. The molecule has 86 valence electrons. The van der Waals surface area contributed by atoms with E-state index < -0.39 is 0 Å². The van der Waals surface area contributed by atoms with Gasteiger partial charge in [-0.3, -0.25) is 0 Å². The van der Waals surface area contributed by atoms with Crippen molar-refractivity contribution in [3.05, 3.63) is 44.8 Å². The van der Waals surface area contributed by atoms with Crippen LogP contribution in [0.3, 0.4) is 0 Å². The van der Waals surface area contributed by atoms with E-state index in [9.17, 15) is 0 Å². The number of aromatic nitrogens is 1. The summed E-state index contributed by atoms with van der Waals surface area (Å²) in [4.78, 5) is 4.25. The molecule has 17 heavy (non-hydrogen) atoms. The normalized spacial score (nSPS) is 11.8. The second-order valence-corrected chi connectivity index (χ2v) is 5.38. The molecule has 0 aliphatic carbocycles. The third-order valence-corrected chi connectivity index (χ3v) is 3.75. The number of rotatable bonds is 3. The zero-order chi connectivity index (χ0) is 12.3. The molecule has 0 radical (unpaired) electrons. The van der Waals surface area contributed by atoms with E-state index in [1.165, 1.54) is 0 Å². The first kappa shape index (κ1) is 12.1. The van der Waals surface area contributed by atoms with Gasteiger partial charge in [0.05, 0.1) is 17.3 Å². The van der Waals surface area contributed by atoms with E-state index >= 15 is 0 Å². The van der Waals surface area contributed by atoms with E-state index in [4.69, 9.17) is 5.26 Å². The lowest BCUT2D eigenvalue weighted by Crippen LogP contribution is -2.07. The molecule has 3 nitrogen and oxygen atoms in total. The van der Waals surface area contributed by atoms with Crippen molar-refractivity contribution in [2.24, 2.45) is 0 Å². The van der Waals surface area contributed by atoms with Crippen molar-refractivity contribution in [3.63, 3.8) is 0 Å².